The summed E-state index contributed by atoms with van der Waals surface area (Å²) >= 11 is 12.2. The lowest BCUT2D eigenvalue weighted by atomic mass is 9.93. The van der Waals surface area contributed by atoms with Crippen molar-refractivity contribution in [1.82, 2.24) is 0 Å². The number of hydrogen-bond acceptors (Lipinski definition) is 2. The predicted octanol–water partition coefficient (Wildman–Crippen LogP) is 4.83. The Morgan fingerprint density at radius 1 is 1.15 bits per heavy atom. The van der Waals surface area contributed by atoms with E-state index >= 15 is 0 Å². The first-order valence-corrected chi connectivity index (χ1v) is 7.28. The van der Waals surface area contributed by atoms with E-state index in [2.05, 4.69) is 0 Å². The molecular weight excluding hydrogens is 293 g/mol. The van der Waals surface area contributed by atoms with Crippen molar-refractivity contribution in [1.29, 1.82) is 0 Å². The molecule has 0 radical (unpaired) electrons. The summed E-state index contributed by atoms with van der Waals surface area (Å²) in [5.41, 5.74) is 9.31. The van der Waals surface area contributed by atoms with Crippen LogP contribution < -0.4 is 10.5 Å². The molecule has 1 unspecified atom stereocenters. The number of rotatable bonds is 1. The fourth-order valence-electron chi connectivity index (χ4n) is 2.49. The molecule has 1 heterocycles. The molecule has 0 aromatic heterocycles. The number of fused-ring (bicyclic) bond motifs is 1. The Labute approximate surface area is 128 Å². The van der Waals surface area contributed by atoms with Crippen molar-refractivity contribution in [2.45, 2.75) is 25.5 Å². The van der Waals surface area contributed by atoms with Crippen molar-refractivity contribution < 1.29 is 4.74 Å². The Morgan fingerprint density at radius 2 is 1.95 bits per heavy atom. The second-order valence-electron chi connectivity index (χ2n) is 5.14. The number of ether oxygens (including phenoxy) is 1. The van der Waals surface area contributed by atoms with Crippen LogP contribution in [0.5, 0.6) is 5.75 Å². The average Bonchev–Trinajstić information content (AvgIpc) is 2.42. The molecule has 0 aliphatic carbocycles. The van der Waals surface area contributed by atoms with Gasteiger partial charge in [-0.15, -0.1) is 0 Å². The third-order valence-corrected chi connectivity index (χ3v) is 4.32. The molecule has 3 rings (SSSR count). The molecule has 0 fully saturated rings. The van der Waals surface area contributed by atoms with Gasteiger partial charge < -0.3 is 10.5 Å². The maximum absolute atomic E-state index is 6.24. The molecule has 104 valence electrons. The minimum absolute atomic E-state index is 0.0724. The van der Waals surface area contributed by atoms with Crippen molar-refractivity contribution in [3.8, 4) is 5.75 Å². The lowest BCUT2D eigenvalue weighted by Crippen LogP contribution is -2.24. The molecule has 0 saturated heterocycles. The van der Waals surface area contributed by atoms with Crippen LogP contribution in [0.25, 0.3) is 0 Å². The molecule has 2 atom stereocenters. The largest absolute Gasteiger partial charge is 0.485 e. The van der Waals surface area contributed by atoms with Crippen molar-refractivity contribution in [3.63, 3.8) is 0 Å². The highest BCUT2D eigenvalue weighted by Gasteiger charge is 2.27. The molecule has 2 N–H and O–H groups in total. The van der Waals surface area contributed by atoms with Gasteiger partial charge in [-0.3, -0.25) is 0 Å². The summed E-state index contributed by atoms with van der Waals surface area (Å²) in [5.74, 6) is 0.801. The van der Waals surface area contributed by atoms with Crippen LogP contribution in [-0.2, 0) is 0 Å². The van der Waals surface area contributed by atoms with E-state index in [9.17, 15) is 0 Å². The number of nitrogens with two attached hydrogens (primary N) is 1. The Balaban J connectivity index is 1.94. The smallest absolute Gasteiger partial charge is 0.126 e. The highest BCUT2D eigenvalue weighted by atomic mass is 35.5. The average molecular weight is 308 g/mol. The molecule has 0 spiro atoms. The maximum Gasteiger partial charge on any atom is 0.126 e. The van der Waals surface area contributed by atoms with E-state index in [0.717, 1.165) is 27.5 Å². The van der Waals surface area contributed by atoms with Crippen molar-refractivity contribution in [2.24, 2.45) is 5.73 Å². The predicted molar refractivity (Wildman–Crippen MR) is 82.6 cm³/mol. The molecule has 20 heavy (non-hydrogen) atoms. The first kappa shape index (κ1) is 13.7. The summed E-state index contributed by atoms with van der Waals surface area (Å²) in [6.45, 7) is 1.98. The molecule has 4 heteroatoms. The first-order valence-electron chi connectivity index (χ1n) is 6.52. The van der Waals surface area contributed by atoms with E-state index < -0.39 is 0 Å². The molecule has 2 nitrogen and oxygen atoms in total. The quantitative estimate of drug-likeness (QED) is 0.819. The minimum Gasteiger partial charge on any atom is -0.485 e. The Bertz CT molecular complexity index is 657. The lowest BCUT2D eigenvalue weighted by molar-refractivity contribution is 0.161. The van der Waals surface area contributed by atoms with E-state index in [1.165, 1.54) is 0 Å². The van der Waals surface area contributed by atoms with Gasteiger partial charge in [-0.2, -0.15) is 0 Å². The van der Waals surface area contributed by atoms with Gasteiger partial charge >= 0.3 is 0 Å². The molecular formula is C16H15Cl2NO. The van der Waals surface area contributed by atoms with Gasteiger partial charge in [0.05, 0.1) is 0 Å². The van der Waals surface area contributed by atoms with Gasteiger partial charge in [0.25, 0.3) is 0 Å². The third-order valence-electron chi connectivity index (χ3n) is 3.68. The number of halogens is 2. The molecule has 1 aliphatic rings. The van der Waals surface area contributed by atoms with Crippen LogP contribution in [0.4, 0.5) is 0 Å². The van der Waals surface area contributed by atoms with Crippen LogP contribution in [-0.4, -0.2) is 0 Å². The standard InChI is InChI=1S/C16H15Cl2NO/c1-9-2-3-10(6-13(9)18)16-8-14(19)12-7-11(17)4-5-15(12)20-16/h2-7,14,16H,8,19H2,1H3/t14-,16?/m1/s1. The summed E-state index contributed by atoms with van der Waals surface area (Å²) < 4.78 is 6.04. The first-order chi connectivity index (χ1) is 9.54. The van der Waals surface area contributed by atoms with E-state index in [4.69, 9.17) is 33.7 Å². The molecule has 2 aromatic rings. The van der Waals surface area contributed by atoms with Gasteiger partial charge in [0.1, 0.15) is 11.9 Å². The van der Waals surface area contributed by atoms with Gasteiger partial charge in [-0.25, -0.2) is 0 Å². The number of aryl methyl sites for hydroxylation is 1. The summed E-state index contributed by atoms with van der Waals surface area (Å²) in [6.07, 6.45) is 0.643. The maximum atomic E-state index is 6.24. The van der Waals surface area contributed by atoms with Crippen LogP contribution in [0.2, 0.25) is 10.0 Å². The van der Waals surface area contributed by atoms with Crippen LogP contribution in [0.1, 0.15) is 35.3 Å². The second-order valence-corrected chi connectivity index (χ2v) is 5.98. The zero-order valence-electron chi connectivity index (χ0n) is 11.1. The van der Waals surface area contributed by atoms with Crippen molar-refractivity contribution in [2.75, 3.05) is 0 Å². The fraction of sp³-hybridized carbons (Fsp3) is 0.250. The van der Waals surface area contributed by atoms with Crippen LogP contribution >= 0.6 is 23.2 Å². The summed E-state index contributed by atoms with van der Waals surface area (Å²) in [5, 5.41) is 1.43. The monoisotopic (exact) mass is 307 g/mol. The Hall–Kier alpha value is -1.22. The second kappa shape index (κ2) is 5.28. The molecule has 0 amide bonds. The Kier molecular flexibility index (Phi) is 3.63. The zero-order chi connectivity index (χ0) is 14.3. The van der Waals surface area contributed by atoms with Crippen molar-refractivity contribution in [3.05, 3.63) is 63.1 Å². The van der Waals surface area contributed by atoms with Gasteiger partial charge in [0, 0.05) is 28.1 Å². The van der Waals surface area contributed by atoms with E-state index in [-0.39, 0.29) is 12.1 Å². The lowest BCUT2D eigenvalue weighted by Gasteiger charge is -2.31. The molecule has 2 aromatic carbocycles. The van der Waals surface area contributed by atoms with Crippen LogP contribution in [0.15, 0.2) is 36.4 Å². The number of hydrogen-bond donors (Lipinski definition) is 1. The SMILES string of the molecule is Cc1ccc(C2C[C@@H](N)c3cc(Cl)ccc3O2)cc1Cl. The van der Waals surface area contributed by atoms with Crippen LogP contribution in [0.3, 0.4) is 0 Å². The third kappa shape index (κ3) is 2.51. The van der Waals surface area contributed by atoms with Gasteiger partial charge in [0.2, 0.25) is 0 Å². The molecule has 0 bridgehead atoms. The molecule has 1 aliphatic heterocycles. The van der Waals surface area contributed by atoms with Gasteiger partial charge in [-0.1, -0.05) is 35.3 Å². The van der Waals surface area contributed by atoms with Crippen molar-refractivity contribution >= 4 is 23.2 Å². The van der Waals surface area contributed by atoms with Gasteiger partial charge in [0.15, 0.2) is 0 Å². The van der Waals surface area contributed by atoms with E-state index in [1.54, 1.807) is 0 Å². The summed E-state index contributed by atoms with van der Waals surface area (Å²) in [7, 11) is 0. The van der Waals surface area contributed by atoms with Crippen LogP contribution in [0, 0.1) is 6.92 Å². The molecule has 0 saturated carbocycles. The Morgan fingerprint density at radius 3 is 2.70 bits per heavy atom. The zero-order valence-corrected chi connectivity index (χ0v) is 12.6. The highest BCUT2D eigenvalue weighted by Crippen LogP contribution is 2.41. The van der Waals surface area contributed by atoms with E-state index in [0.29, 0.717) is 11.4 Å². The van der Waals surface area contributed by atoms with E-state index in [1.807, 2.05) is 43.3 Å². The topological polar surface area (TPSA) is 35.2 Å². The fourth-order valence-corrected chi connectivity index (χ4v) is 2.86. The van der Waals surface area contributed by atoms with Gasteiger partial charge in [-0.05, 0) is 42.3 Å². The number of benzene rings is 2. The summed E-state index contributed by atoms with van der Waals surface area (Å²) in [4.78, 5) is 0. The highest BCUT2D eigenvalue weighted by molar-refractivity contribution is 6.31. The minimum atomic E-state index is -0.0810. The normalized spacial score (nSPS) is 21.2. The summed E-state index contributed by atoms with van der Waals surface area (Å²) in [6, 6.07) is 11.5.